The summed E-state index contributed by atoms with van der Waals surface area (Å²) in [5.41, 5.74) is 0.322. The largest absolute Gasteiger partial charge is 0.379 e. The molecule has 0 aliphatic carbocycles. The molecule has 198 valence electrons. The average molecular weight is 519 g/mol. The monoisotopic (exact) mass is 518 g/mol. The average Bonchev–Trinajstić information content (AvgIpc) is 3.37. The number of likely N-dealkylation sites (tertiary alicyclic amines) is 1. The molecule has 1 atom stereocenters. The summed E-state index contributed by atoms with van der Waals surface area (Å²) in [5.74, 6) is -0.273. The third-order valence-electron chi connectivity index (χ3n) is 8.04. The molecule has 0 radical (unpaired) electrons. The number of hydrogen-bond acceptors (Lipinski definition) is 6. The second-order valence-corrected chi connectivity index (χ2v) is 10.3. The van der Waals surface area contributed by atoms with E-state index in [1.165, 1.54) is 12.8 Å². The Balaban J connectivity index is 0.00000304. The Kier molecular flexibility index (Phi) is 8.57. The zero-order valence-corrected chi connectivity index (χ0v) is 22.2. The smallest absolute Gasteiger partial charge is 0.263 e. The van der Waals surface area contributed by atoms with Crippen LogP contribution in [0.15, 0.2) is 30.5 Å². The highest BCUT2D eigenvalue weighted by atomic mass is 35.5. The van der Waals surface area contributed by atoms with Crippen molar-refractivity contribution in [3.63, 3.8) is 0 Å². The molecule has 0 saturated carbocycles. The third-order valence-corrected chi connectivity index (χ3v) is 8.04. The predicted molar refractivity (Wildman–Crippen MR) is 142 cm³/mol. The number of hydrogen-bond donors (Lipinski definition) is 2. The number of morpholine rings is 1. The van der Waals surface area contributed by atoms with Crippen LogP contribution in [-0.4, -0.2) is 121 Å². The summed E-state index contributed by atoms with van der Waals surface area (Å²) in [5, 5.41) is 4.17. The summed E-state index contributed by atoms with van der Waals surface area (Å²) < 4.78 is 5.54. The van der Waals surface area contributed by atoms with Crippen LogP contribution in [0.5, 0.6) is 0 Å². The molecule has 2 N–H and O–H groups in total. The van der Waals surface area contributed by atoms with Crippen molar-refractivity contribution in [1.29, 1.82) is 0 Å². The SMILES string of the molecule is CN1CCC(N2CCN(C(=O)[C@@](C)(NC(=O)c3ccc4cc[nH]c4c3)N3CCOCC3)CC2)CC1.Cl. The molecule has 3 saturated heterocycles. The molecule has 3 fully saturated rings. The van der Waals surface area contributed by atoms with Crippen LogP contribution >= 0.6 is 12.4 Å². The van der Waals surface area contributed by atoms with E-state index in [1.807, 2.05) is 42.3 Å². The van der Waals surface area contributed by atoms with E-state index in [-0.39, 0.29) is 24.2 Å². The van der Waals surface area contributed by atoms with Crippen LogP contribution in [0.3, 0.4) is 0 Å². The molecule has 2 amide bonds. The lowest BCUT2D eigenvalue weighted by Gasteiger charge is -2.47. The van der Waals surface area contributed by atoms with E-state index < -0.39 is 5.66 Å². The second-order valence-electron chi connectivity index (χ2n) is 10.3. The minimum Gasteiger partial charge on any atom is -0.379 e. The molecule has 9 nitrogen and oxygen atoms in total. The fraction of sp³-hybridized carbons (Fsp3) is 0.615. The van der Waals surface area contributed by atoms with Crippen LogP contribution in [0.4, 0.5) is 0 Å². The number of piperazine rings is 1. The molecule has 1 aromatic heterocycles. The summed E-state index contributed by atoms with van der Waals surface area (Å²) in [6, 6.07) is 8.17. The summed E-state index contributed by atoms with van der Waals surface area (Å²) in [6.07, 6.45) is 4.24. The van der Waals surface area contributed by atoms with Gasteiger partial charge in [0.05, 0.1) is 13.2 Å². The number of aromatic amines is 1. The number of nitrogens with one attached hydrogen (secondary N) is 2. The lowest BCUT2D eigenvalue weighted by atomic mass is 10.0. The van der Waals surface area contributed by atoms with Gasteiger partial charge in [0.25, 0.3) is 11.8 Å². The van der Waals surface area contributed by atoms with Gasteiger partial charge in [-0.1, -0.05) is 6.07 Å². The van der Waals surface area contributed by atoms with Gasteiger partial charge in [-0.25, -0.2) is 0 Å². The Morgan fingerprint density at radius 2 is 1.69 bits per heavy atom. The number of rotatable bonds is 5. The van der Waals surface area contributed by atoms with Gasteiger partial charge in [-0.2, -0.15) is 0 Å². The molecule has 4 heterocycles. The first-order valence-corrected chi connectivity index (χ1v) is 12.9. The van der Waals surface area contributed by atoms with Crippen molar-refractivity contribution in [3.8, 4) is 0 Å². The number of nitrogens with zero attached hydrogens (tertiary/aromatic N) is 4. The lowest BCUT2D eigenvalue weighted by Crippen LogP contribution is -2.70. The fourth-order valence-electron chi connectivity index (χ4n) is 5.72. The highest BCUT2D eigenvalue weighted by molar-refractivity contribution is 6.01. The van der Waals surface area contributed by atoms with E-state index in [0.29, 0.717) is 51.0 Å². The first-order chi connectivity index (χ1) is 16.9. The third kappa shape index (κ3) is 5.55. The topological polar surface area (TPSA) is 84.2 Å². The van der Waals surface area contributed by atoms with Gasteiger partial charge in [-0.3, -0.25) is 19.4 Å². The molecule has 3 aliphatic heterocycles. The summed E-state index contributed by atoms with van der Waals surface area (Å²) in [6.45, 7) is 9.60. The Morgan fingerprint density at radius 1 is 1.00 bits per heavy atom. The van der Waals surface area contributed by atoms with E-state index >= 15 is 0 Å². The maximum atomic E-state index is 14.0. The first kappa shape index (κ1) is 26.9. The molecule has 0 unspecified atom stereocenters. The Hall–Kier alpha value is -2.17. The van der Waals surface area contributed by atoms with E-state index in [4.69, 9.17) is 4.74 Å². The van der Waals surface area contributed by atoms with Gasteiger partial charge < -0.3 is 24.8 Å². The molecule has 5 rings (SSSR count). The van der Waals surface area contributed by atoms with Gasteiger partial charge in [-0.05, 0) is 63.5 Å². The van der Waals surface area contributed by atoms with Gasteiger partial charge in [0.15, 0.2) is 5.66 Å². The number of carbonyl (C=O) groups excluding carboxylic acids is 2. The number of carbonyl (C=O) groups is 2. The van der Waals surface area contributed by atoms with Gasteiger partial charge in [0, 0.05) is 62.6 Å². The van der Waals surface area contributed by atoms with Crippen LogP contribution in [0, 0.1) is 0 Å². The first-order valence-electron chi connectivity index (χ1n) is 12.9. The maximum absolute atomic E-state index is 14.0. The predicted octanol–water partition coefficient (Wildman–Crippen LogP) is 1.61. The van der Waals surface area contributed by atoms with Crippen LogP contribution in [0.2, 0.25) is 0 Å². The van der Waals surface area contributed by atoms with E-state index in [0.717, 1.165) is 37.1 Å². The standard InChI is InChI=1S/C26H38N6O3.ClH/c1-26(32-15-17-35-18-16-32,28-24(33)21-4-3-20-5-8-27-23(20)19-21)25(34)31-13-11-30(12-14-31)22-6-9-29(2)10-7-22;/h3-5,8,19,22,27H,6-7,9-18H2,1-2H3,(H,28,33);1H/t26-;/m0./s1. The summed E-state index contributed by atoms with van der Waals surface area (Å²) in [4.78, 5) is 39.5. The fourth-order valence-corrected chi connectivity index (χ4v) is 5.72. The second kappa shape index (κ2) is 11.5. The zero-order valence-electron chi connectivity index (χ0n) is 21.4. The van der Waals surface area contributed by atoms with Crippen molar-refractivity contribution in [3.05, 3.63) is 36.0 Å². The Labute approximate surface area is 219 Å². The van der Waals surface area contributed by atoms with Gasteiger partial charge in [-0.15, -0.1) is 12.4 Å². The van der Waals surface area contributed by atoms with E-state index in [9.17, 15) is 9.59 Å². The van der Waals surface area contributed by atoms with E-state index in [1.54, 1.807) is 0 Å². The van der Waals surface area contributed by atoms with Crippen LogP contribution in [0.25, 0.3) is 10.9 Å². The minimum absolute atomic E-state index is 0. The number of amides is 2. The number of benzene rings is 1. The molecule has 1 aromatic carbocycles. The van der Waals surface area contributed by atoms with Gasteiger partial charge in [0.1, 0.15) is 0 Å². The Bertz CT molecular complexity index is 1040. The van der Waals surface area contributed by atoms with Crippen molar-refractivity contribution in [2.75, 3.05) is 72.6 Å². The van der Waals surface area contributed by atoms with Crippen molar-refractivity contribution in [2.45, 2.75) is 31.5 Å². The quantitative estimate of drug-likeness (QED) is 0.625. The molecule has 0 spiro atoms. The molecule has 36 heavy (non-hydrogen) atoms. The van der Waals surface area contributed by atoms with Crippen molar-refractivity contribution in [2.24, 2.45) is 0 Å². The molecular weight excluding hydrogens is 480 g/mol. The summed E-state index contributed by atoms with van der Waals surface area (Å²) in [7, 11) is 2.18. The van der Waals surface area contributed by atoms with Crippen molar-refractivity contribution in [1.82, 2.24) is 29.9 Å². The highest BCUT2D eigenvalue weighted by Crippen LogP contribution is 2.23. The van der Waals surface area contributed by atoms with E-state index in [2.05, 4.69) is 32.0 Å². The molecule has 2 aromatic rings. The number of aromatic nitrogens is 1. The maximum Gasteiger partial charge on any atom is 0.263 e. The van der Waals surface area contributed by atoms with Gasteiger partial charge in [0.2, 0.25) is 0 Å². The Morgan fingerprint density at radius 3 is 2.39 bits per heavy atom. The molecule has 3 aliphatic rings. The normalized spacial score (nSPS) is 22.7. The minimum atomic E-state index is -1.12. The number of piperidine rings is 1. The zero-order chi connectivity index (χ0) is 24.4. The van der Waals surface area contributed by atoms with Crippen LogP contribution in [0.1, 0.15) is 30.1 Å². The molecule has 10 heteroatoms. The van der Waals surface area contributed by atoms with Crippen LogP contribution in [-0.2, 0) is 9.53 Å². The number of fused-ring (bicyclic) bond motifs is 1. The lowest BCUT2D eigenvalue weighted by molar-refractivity contribution is -0.151. The van der Waals surface area contributed by atoms with Crippen molar-refractivity contribution >= 4 is 35.1 Å². The van der Waals surface area contributed by atoms with Gasteiger partial charge >= 0.3 is 0 Å². The molecular formula is C26H39ClN6O3. The highest BCUT2D eigenvalue weighted by Gasteiger charge is 2.45. The van der Waals surface area contributed by atoms with Crippen LogP contribution < -0.4 is 5.32 Å². The number of halogens is 1. The summed E-state index contributed by atoms with van der Waals surface area (Å²) >= 11 is 0. The molecule has 0 bridgehead atoms. The van der Waals surface area contributed by atoms with Crippen molar-refractivity contribution < 1.29 is 14.3 Å². The number of H-pyrrole nitrogens is 1. The number of ether oxygens (including phenoxy) is 1.